The number of hydrogen-bond acceptors (Lipinski definition) is 17. The Morgan fingerprint density at radius 1 is 0.852 bits per heavy atom. The number of aliphatic carboxylic acids is 1. The molecule has 0 radical (unpaired) electrons. The average Bonchev–Trinajstić information content (AvgIpc) is 4.24. The number of ether oxygens (including phenoxy) is 3. The lowest BCUT2D eigenvalue weighted by Gasteiger charge is -2.24. The highest BCUT2D eigenvalue weighted by molar-refractivity contribution is 8.00. The molecule has 0 saturated carbocycles. The predicted octanol–water partition coefficient (Wildman–Crippen LogP) is 2.63. The van der Waals surface area contributed by atoms with Gasteiger partial charge in [-0.25, -0.2) is 9.97 Å². The Bertz CT molecular complexity index is 3420. The number of nitrogens with one attached hydrogen (secondary N) is 3. The van der Waals surface area contributed by atoms with Crippen molar-refractivity contribution in [2.24, 2.45) is 11.5 Å². The molecule has 6 aromatic rings. The molecule has 2 unspecified atom stereocenters. The van der Waals surface area contributed by atoms with Gasteiger partial charge in [-0.15, -0.1) is 11.8 Å². The number of carbonyl (C=O) groups is 8. The SMILES string of the molecule is CCn1nc(C)cc1C(=O)Nc1nc2cc(C(N)=O)cc(OC)c2n1C/C=C/Cn1c(NC(=O)c2cc(C)nn2CC)nc2cc(C)cc(OCCCN(C)C(=O)C(COC)NC(=O)CCN3C(=O)CC(SC[C@H](N)C(=O)O)C3=O)c21. The third-order valence-corrected chi connectivity index (χ3v) is 14.4. The molecule has 0 bridgehead atoms. The standard InChI is InChI=1S/C53H67N15O12S/c1-9-67-37(22-30(4)61-67)47(72)59-52-57-34-20-29(3)21-40(80-19-13-15-63(6)49(74)36(27-78-7)56-42(69)14-18-64-43(70)26-41(50(64)75)81-28-33(54)51(76)77)45(34)66(52)17-12-11-16-65-44-35(24-32(46(55)71)25-39(44)79-8)58-53(65)60-48(73)38-23-31(5)62-68(38)10-2/h11-12,20-25,33,36,41H,9-10,13-19,26-28,54H2,1-8H3,(H2,55,71)(H,56,69)(H,76,77)(H,57,59,72)(H,58,60,73)/b12-11+/t33-,36?,41?/m0/s1. The number of carboxylic acids is 1. The predicted molar refractivity (Wildman–Crippen MR) is 299 cm³/mol. The number of carboxylic acid groups (broad SMARTS) is 1. The molecule has 0 spiro atoms. The molecule has 1 aliphatic rings. The molecule has 432 valence electrons. The number of hydrogen-bond donors (Lipinski definition) is 6. The Morgan fingerprint density at radius 3 is 1.98 bits per heavy atom. The number of methoxy groups -OCH3 is 2. The Balaban J connectivity index is 1.08. The monoisotopic (exact) mass is 1140 g/mol. The van der Waals surface area contributed by atoms with Crippen molar-refractivity contribution in [3.05, 3.63) is 82.5 Å². The fraction of sp³-hybridized carbons (Fsp3) is 0.434. The van der Waals surface area contributed by atoms with E-state index in [0.717, 1.165) is 22.2 Å². The fourth-order valence-corrected chi connectivity index (χ4v) is 10.3. The second-order valence-corrected chi connectivity index (χ2v) is 20.4. The van der Waals surface area contributed by atoms with Crippen LogP contribution in [-0.4, -0.2) is 172 Å². The Kier molecular flexibility index (Phi) is 19.7. The van der Waals surface area contributed by atoms with E-state index < -0.39 is 64.7 Å². The molecule has 0 aliphatic carbocycles. The van der Waals surface area contributed by atoms with Gasteiger partial charge in [-0.3, -0.25) is 63.3 Å². The van der Waals surface area contributed by atoms with E-state index in [1.807, 2.05) is 45.1 Å². The lowest BCUT2D eigenvalue weighted by molar-refractivity contribution is -0.140. The van der Waals surface area contributed by atoms with Crippen LogP contribution >= 0.6 is 11.8 Å². The molecule has 4 aromatic heterocycles. The minimum Gasteiger partial charge on any atom is -0.494 e. The van der Waals surface area contributed by atoms with Crippen molar-refractivity contribution in [3.63, 3.8) is 0 Å². The summed E-state index contributed by atoms with van der Waals surface area (Å²) >= 11 is 0.972. The van der Waals surface area contributed by atoms with Gasteiger partial charge in [0.05, 0.1) is 48.0 Å². The summed E-state index contributed by atoms with van der Waals surface area (Å²) in [5.41, 5.74) is 16.0. The number of benzene rings is 2. The number of imide groups is 1. The minimum absolute atomic E-state index is 0.0703. The van der Waals surface area contributed by atoms with Crippen LogP contribution in [-0.2, 0) is 54.9 Å². The summed E-state index contributed by atoms with van der Waals surface area (Å²) in [6, 6.07) is 7.78. The zero-order valence-electron chi connectivity index (χ0n) is 46.3. The first-order valence-electron chi connectivity index (χ1n) is 26.0. The molecule has 2 aromatic carbocycles. The van der Waals surface area contributed by atoms with Crippen molar-refractivity contribution < 1.29 is 57.7 Å². The van der Waals surface area contributed by atoms with E-state index in [1.165, 1.54) is 31.3 Å². The largest absolute Gasteiger partial charge is 0.494 e. The first kappa shape index (κ1) is 60.0. The number of thioether (sulfide) groups is 1. The fourth-order valence-electron chi connectivity index (χ4n) is 9.17. The second kappa shape index (κ2) is 26.6. The van der Waals surface area contributed by atoms with Crippen LogP contribution in [0.15, 0.2) is 48.6 Å². The van der Waals surface area contributed by atoms with Crippen LogP contribution in [0.1, 0.15) is 81.4 Å². The van der Waals surface area contributed by atoms with Crippen molar-refractivity contribution in [3.8, 4) is 11.5 Å². The number of fused-ring (bicyclic) bond motifs is 2. The van der Waals surface area contributed by atoms with Gasteiger partial charge in [-0.05, 0) is 83.0 Å². The number of likely N-dealkylation sites (tertiary alicyclic amines) is 1. The maximum atomic E-state index is 14.0. The molecule has 81 heavy (non-hydrogen) atoms. The van der Waals surface area contributed by atoms with Gasteiger partial charge in [0.1, 0.15) is 46.0 Å². The smallest absolute Gasteiger partial charge is 0.321 e. The van der Waals surface area contributed by atoms with Crippen molar-refractivity contribution in [1.29, 1.82) is 0 Å². The van der Waals surface area contributed by atoms with E-state index in [4.69, 9.17) is 40.8 Å². The zero-order chi connectivity index (χ0) is 58.8. The van der Waals surface area contributed by atoms with Gasteiger partial charge in [0.2, 0.25) is 41.4 Å². The van der Waals surface area contributed by atoms with Crippen LogP contribution < -0.4 is 36.9 Å². The first-order chi connectivity index (χ1) is 38.7. The number of primary amides is 1. The molecule has 1 aliphatic heterocycles. The number of aromatic nitrogens is 8. The number of allylic oxidation sites excluding steroid dienone is 2. The minimum atomic E-state index is -1.23. The highest BCUT2D eigenvalue weighted by Gasteiger charge is 2.39. The van der Waals surface area contributed by atoms with Gasteiger partial charge in [-0.2, -0.15) is 10.2 Å². The molecule has 3 atom stereocenters. The summed E-state index contributed by atoms with van der Waals surface area (Å²) in [4.78, 5) is 116. The van der Waals surface area contributed by atoms with Crippen LogP contribution in [0.3, 0.4) is 0 Å². The highest BCUT2D eigenvalue weighted by atomic mass is 32.2. The molecule has 1 fully saturated rings. The number of aryl methyl sites for hydroxylation is 5. The van der Waals surface area contributed by atoms with Crippen LogP contribution in [0.4, 0.5) is 11.9 Å². The molecular formula is C53H67N15O12S. The number of carbonyl (C=O) groups excluding carboxylic acids is 7. The number of likely N-dealkylation sites (N-methyl/N-ethyl adjacent to an activating group) is 1. The molecule has 7 amide bonds. The molecule has 1 saturated heterocycles. The molecule has 7 rings (SSSR count). The van der Waals surface area contributed by atoms with E-state index >= 15 is 0 Å². The van der Waals surface area contributed by atoms with Gasteiger partial charge in [-0.1, -0.05) is 12.2 Å². The van der Waals surface area contributed by atoms with Gasteiger partial charge in [0.15, 0.2) is 0 Å². The lowest BCUT2D eigenvalue weighted by Crippen LogP contribution is -2.50. The van der Waals surface area contributed by atoms with E-state index in [2.05, 4.69) is 26.1 Å². The maximum absolute atomic E-state index is 14.0. The summed E-state index contributed by atoms with van der Waals surface area (Å²) in [5, 5.41) is 25.7. The van der Waals surface area contributed by atoms with Gasteiger partial charge >= 0.3 is 5.97 Å². The van der Waals surface area contributed by atoms with Crippen molar-refractivity contribution in [2.75, 3.05) is 64.0 Å². The number of nitrogens with two attached hydrogens (primary N) is 2. The summed E-state index contributed by atoms with van der Waals surface area (Å²) in [5.74, 6) is -3.91. The summed E-state index contributed by atoms with van der Waals surface area (Å²) in [6.45, 7) is 10.3. The van der Waals surface area contributed by atoms with Crippen LogP contribution in [0.25, 0.3) is 22.1 Å². The van der Waals surface area contributed by atoms with Crippen molar-refractivity contribution >= 4 is 93.0 Å². The maximum Gasteiger partial charge on any atom is 0.321 e. The molecule has 5 heterocycles. The van der Waals surface area contributed by atoms with Crippen LogP contribution in [0, 0.1) is 20.8 Å². The normalized spacial score (nSPS) is 14.2. The van der Waals surface area contributed by atoms with E-state index in [9.17, 15) is 38.4 Å². The Labute approximate surface area is 469 Å². The third kappa shape index (κ3) is 14.0. The number of imidazole rings is 2. The summed E-state index contributed by atoms with van der Waals surface area (Å²) in [7, 11) is 4.40. The first-order valence-corrected chi connectivity index (χ1v) is 27.1. The molecule has 27 nitrogen and oxygen atoms in total. The summed E-state index contributed by atoms with van der Waals surface area (Å²) < 4.78 is 24.1. The second-order valence-electron chi connectivity index (χ2n) is 19.1. The van der Waals surface area contributed by atoms with Crippen LogP contribution in [0.2, 0.25) is 0 Å². The van der Waals surface area contributed by atoms with Crippen molar-refractivity contribution in [1.82, 2.24) is 53.8 Å². The van der Waals surface area contributed by atoms with Gasteiger partial charge < -0.3 is 50.1 Å². The van der Waals surface area contributed by atoms with Crippen LogP contribution in [0.5, 0.6) is 11.5 Å². The average molecular weight is 1140 g/mol. The molecule has 28 heteroatoms. The third-order valence-electron chi connectivity index (χ3n) is 13.1. The topological polar surface area (TPSA) is 350 Å². The molecule has 8 N–H and O–H groups in total. The Hall–Kier alpha value is -8.63. The zero-order valence-corrected chi connectivity index (χ0v) is 47.1. The van der Waals surface area contributed by atoms with Gasteiger partial charge in [0, 0.05) is 77.6 Å². The summed E-state index contributed by atoms with van der Waals surface area (Å²) in [6.07, 6.45) is 3.58. The number of anilines is 2. The lowest BCUT2D eigenvalue weighted by atomic mass is 10.1. The van der Waals surface area contributed by atoms with Crippen molar-refractivity contribution in [2.45, 2.75) is 97.4 Å². The Morgan fingerprint density at radius 2 is 1.43 bits per heavy atom. The number of nitrogens with zero attached hydrogens (tertiary/aromatic N) is 10. The highest BCUT2D eigenvalue weighted by Crippen LogP contribution is 2.33. The van der Waals surface area contributed by atoms with E-state index in [-0.39, 0.29) is 81.2 Å². The quantitative estimate of drug-likeness (QED) is 0.0234. The van der Waals surface area contributed by atoms with E-state index in [1.54, 1.807) is 51.5 Å². The number of amides is 7. The molecular weight excluding hydrogens is 1070 g/mol. The van der Waals surface area contributed by atoms with Gasteiger partial charge in [0.25, 0.3) is 11.8 Å². The number of rotatable bonds is 28. The van der Waals surface area contributed by atoms with E-state index in [0.29, 0.717) is 70.1 Å².